The maximum atomic E-state index is 13.0. The summed E-state index contributed by atoms with van der Waals surface area (Å²) in [4.78, 5) is 31.5. The number of carbonyl (C=O) groups is 1. The van der Waals surface area contributed by atoms with E-state index < -0.39 is 0 Å². The monoisotopic (exact) mass is 427 g/mol. The number of carbonyl (C=O) groups excluding carboxylic acids is 1. The molecule has 1 aromatic heterocycles. The number of benzene rings is 2. The number of para-hydroxylation sites is 1. The number of ether oxygens (including phenoxy) is 1. The van der Waals surface area contributed by atoms with Crippen LogP contribution in [0.3, 0.4) is 0 Å². The lowest BCUT2D eigenvalue weighted by Gasteiger charge is -2.29. The van der Waals surface area contributed by atoms with E-state index in [0.29, 0.717) is 21.8 Å². The zero-order valence-electron chi connectivity index (χ0n) is 16.3. The highest BCUT2D eigenvalue weighted by atomic mass is 32.2. The first-order chi connectivity index (χ1) is 14.6. The van der Waals surface area contributed by atoms with E-state index in [2.05, 4.69) is 15.3 Å². The van der Waals surface area contributed by atoms with Gasteiger partial charge in [-0.05, 0) is 62.1 Å². The topological polar surface area (TPSA) is 84.1 Å². The summed E-state index contributed by atoms with van der Waals surface area (Å²) in [6, 6.07) is 13.3. The summed E-state index contributed by atoms with van der Waals surface area (Å²) < 4.78 is 18.9. The second-order valence-corrected chi connectivity index (χ2v) is 8.25. The number of aromatic nitrogens is 2. The summed E-state index contributed by atoms with van der Waals surface area (Å²) >= 11 is 1.22. The van der Waals surface area contributed by atoms with Crippen LogP contribution in [0.1, 0.15) is 25.7 Å². The van der Waals surface area contributed by atoms with Crippen molar-refractivity contribution in [1.82, 2.24) is 15.3 Å². The van der Waals surface area contributed by atoms with E-state index in [-0.39, 0.29) is 35.2 Å². The fraction of sp³-hybridized carbons (Fsp3) is 0.318. The van der Waals surface area contributed by atoms with Crippen LogP contribution in [0, 0.1) is 5.82 Å². The number of nitrogens with one attached hydrogen (secondary N) is 2. The van der Waals surface area contributed by atoms with Gasteiger partial charge in [-0.25, -0.2) is 9.37 Å². The zero-order valence-corrected chi connectivity index (χ0v) is 17.1. The molecule has 1 heterocycles. The van der Waals surface area contributed by atoms with Crippen molar-refractivity contribution >= 4 is 28.6 Å². The molecule has 156 valence electrons. The van der Waals surface area contributed by atoms with E-state index in [0.717, 1.165) is 25.7 Å². The lowest BCUT2D eigenvalue weighted by molar-refractivity contribution is -0.119. The van der Waals surface area contributed by atoms with Crippen molar-refractivity contribution in [1.29, 1.82) is 0 Å². The van der Waals surface area contributed by atoms with Gasteiger partial charge in [0, 0.05) is 6.04 Å². The van der Waals surface area contributed by atoms with Crippen molar-refractivity contribution in [2.45, 2.75) is 43.0 Å². The third-order valence-corrected chi connectivity index (χ3v) is 5.96. The Morgan fingerprint density at radius 2 is 1.87 bits per heavy atom. The molecule has 30 heavy (non-hydrogen) atoms. The van der Waals surface area contributed by atoms with Crippen molar-refractivity contribution in [2.24, 2.45) is 0 Å². The van der Waals surface area contributed by atoms with Crippen LogP contribution in [-0.2, 0) is 4.79 Å². The van der Waals surface area contributed by atoms with Crippen molar-refractivity contribution in [3.8, 4) is 5.75 Å². The van der Waals surface area contributed by atoms with E-state index >= 15 is 0 Å². The zero-order chi connectivity index (χ0) is 20.9. The fourth-order valence-electron chi connectivity index (χ4n) is 3.57. The van der Waals surface area contributed by atoms with Crippen LogP contribution >= 0.6 is 11.8 Å². The van der Waals surface area contributed by atoms with E-state index in [9.17, 15) is 14.0 Å². The van der Waals surface area contributed by atoms with Gasteiger partial charge in [0.05, 0.1) is 22.8 Å². The lowest BCUT2D eigenvalue weighted by atomic mass is 9.93. The summed E-state index contributed by atoms with van der Waals surface area (Å²) in [6.07, 6.45) is 3.38. The molecule has 1 fully saturated rings. The van der Waals surface area contributed by atoms with Crippen LogP contribution in [0.15, 0.2) is 58.5 Å². The van der Waals surface area contributed by atoms with Crippen molar-refractivity contribution < 1.29 is 13.9 Å². The van der Waals surface area contributed by atoms with Crippen LogP contribution in [0.25, 0.3) is 10.9 Å². The number of aromatic amines is 1. The van der Waals surface area contributed by atoms with Crippen LogP contribution in [0.2, 0.25) is 0 Å². The predicted molar refractivity (Wildman–Crippen MR) is 114 cm³/mol. The van der Waals surface area contributed by atoms with Gasteiger partial charge in [0.2, 0.25) is 5.91 Å². The number of hydrogen-bond acceptors (Lipinski definition) is 5. The van der Waals surface area contributed by atoms with Gasteiger partial charge in [-0.1, -0.05) is 23.9 Å². The molecule has 0 radical (unpaired) electrons. The van der Waals surface area contributed by atoms with E-state index in [4.69, 9.17) is 4.74 Å². The van der Waals surface area contributed by atoms with Crippen LogP contribution < -0.4 is 15.6 Å². The number of H-pyrrole nitrogens is 1. The molecule has 0 bridgehead atoms. The molecule has 0 spiro atoms. The maximum Gasteiger partial charge on any atom is 0.259 e. The first kappa shape index (κ1) is 20.4. The summed E-state index contributed by atoms with van der Waals surface area (Å²) in [5.74, 6) is 0.485. The molecule has 2 aromatic carbocycles. The number of thioether (sulfide) groups is 1. The second kappa shape index (κ2) is 9.30. The Labute approximate surface area is 177 Å². The molecule has 6 nitrogen and oxygen atoms in total. The van der Waals surface area contributed by atoms with Gasteiger partial charge in [-0.3, -0.25) is 9.59 Å². The molecule has 2 N–H and O–H groups in total. The van der Waals surface area contributed by atoms with Crippen LogP contribution in [0.4, 0.5) is 4.39 Å². The van der Waals surface area contributed by atoms with Gasteiger partial charge in [0.25, 0.3) is 5.56 Å². The average molecular weight is 428 g/mol. The summed E-state index contributed by atoms with van der Waals surface area (Å²) in [5, 5.41) is 4.02. The first-order valence-electron chi connectivity index (χ1n) is 9.90. The Hall–Kier alpha value is -2.87. The molecule has 0 atom stereocenters. The quantitative estimate of drug-likeness (QED) is 0.463. The van der Waals surface area contributed by atoms with E-state index in [1.54, 1.807) is 30.3 Å². The summed E-state index contributed by atoms with van der Waals surface area (Å²) in [6.45, 7) is 0. The average Bonchev–Trinajstić information content (AvgIpc) is 2.75. The van der Waals surface area contributed by atoms with Crippen LogP contribution in [-0.4, -0.2) is 33.8 Å². The summed E-state index contributed by atoms with van der Waals surface area (Å²) in [5.41, 5.74) is 0.409. The third kappa shape index (κ3) is 5.18. The Kier molecular flexibility index (Phi) is 6.32. The Bertz CT molecular complexity index is 1080. The molecule has 1 aliphatic rings. The molecule has 3 aromatic rings. The van der Waals surface area contributed by atoms with Gasteiger partial charge in [-0.2, -0.15) is 0 Å². The smallest absolute Gasteiger partial charge is 0.259 e. The molecular weight excluding hydrogens is 405 g/mol. The van der Waals surface area contributed by atoms with Gasteiger partial charge in [0.15, 0.2) is 5.16 Å². The molecule has 1 aliphatic carbocycles. The fourth-order valence-corrected chi connectivity index (χ4v) is 4.25. The number of amides is 1. The predicted octanol–water partition coefficient (Wildman–Crippen LogP) is 3.66. The van der Waals surface area contributed by atoms with Gasteiger partial charge in [-0.15, -0.1) is 0 Å². The minimum Gasteiger partial charge on any atom is -0.490 e. The SMILES string of the molecule is O=C(CSc1nc2ccccc2c(=O)[nH]1)NC1CCC(Oc2ccc(F)cc2)CC1. The lowest BCUT2D eigenvalue weighted by Crippen LogP contribution is -2.40. The Balaban J connectivity index is 1.23. The molecule has 4 rings (SSSR count). The molecule has 1 saturated carbocycles. The maximum absolute atomic E-state index is 13.0. The highest BCUT2D eigenvalue weighted by Crippen LogP contribution is 2.24. The van der Waals surface area contributed by atoms with Crippen molar-refractivity contribution in [3.05, 3.63) is 64.7 Å². The number of halogens is 1. The summed E-state index contributed by atoms with van der Waals surface area (Å²) in [7, 11) is 0. The molecule has 0 aliphatic heterocycles. The van der Waals surface area contributed by atoms with Crippen molar-refractivity contribution in [2.75, 3.05) is 5.75 Å². The number of rotatable bonds is 6. The molecular formula is C22H22FN3O3S. The second-order valence-electron chi connectivity index (χ2n) is 7.29. The highest BCUT2D eigenvalue weighted by Gasteiger charge is 2.23. The van der Waals surface area contributed by atoms with Crippen LogP contribution in [0.5, 0.6) is 5.75 Å². The third-order valence-electron chi connectivity index (χ3n) is 5.09. The molecule has 8 heteroatoms. The van der Waals surface area contributed by atoms with Gasteiger partial charge < -0.3 is 15.0 Å². The molecule has 0 saturated heterocycles. The Morgan fingerprint density at radius 3 is 2.63 bits per heavy atom. The minimum absolute atomic E-state index is 0.0739. The normalized spacial score (nSPS) is 18.8. The highest BCUT2D eigenvalue weighted by molar-refractivity contribution is 7.99. The first-order valence-corrected chi connectivity index (χ1v) is 10.9. The Morgan fingerprint density at radius 1 is 1.13 bits per heavy atom. The minimum atomic E-state index is -0.283. The van der Waals surface area contributed by atoms with Gasteiger partial charge in [0.1, 0.15) is 11.6 Å². The molecule has 1 amide bonds. The van der Waals surface area contributed by atoms with E-state index in [1.165, 1.54) is 23.9 Å². The molecule has 0 unspecified atom stereocenters. The van der Waals surface area contributed by atoms with Crippen molar-refractivity contribution in [3.63, 3.8) is 0 Å². The number of nitrogens with zero attached hydrogens (tertiary/aromatic N) is 1. The largest absolute Gasteiger partial charge is 0.490 e. The number of hydrogen-bond donors (Lipinski definition) is 2. The standard InChI is InChI=1S/C22H22FN3O3S/c23-14-5-9-16(10-6-14)29-17-11-7-15(8-12-17)24-20(27)13-30-22-25-19-4-2-1-3-18(19)21(28)26-22/h1-6,9-10,15,17H,7-8,11-13H2,(H,24,27)(H,25,26,28). The number of fused-ring (bicyclic) bond motifs is 1. The van der Waals surface area contributed by atoms with E-state index in [1.807, 2.05) is 6.07 Å². The van der Waals surface area contributed by atoms with Gasteiger partial charge >= 0.3 is 0 Å².